The zero-order valence-corrected chi connectivity index (χ0v) is 20.6. The summed E-state index contributed by atoms with van der Waals surface area (Å²) in [5.41, 5.74) is 5.70. The van der Waals surface area contributed by atoms with Crippen molar-refractivity contribution in [1.82, 2.24) is 0 Å². The summed E-state index contributed by atoms with van der Waals surface area (Å²) in [5.74, 6) is 0.550. The first-order chi connectivity index (χ1) is 15.0. The summed E-state index contributed by atoms with van der Waals surface area (Å²) in [6, 6.07) is -0.529. The average Bonchev–Trinajstić information content (AvgIpc) is 2.74. The molecule has 0 spiro atoms. The van der Waals surface area contributed by atoms with Crippen LogP contribution in [0.25, 0.3) is 0 Å². The van der Waals surface area contributed by atoms with Crippen molar-refractivity contribution in [3.63, 3.8) is 0 Å². The number of ether oxygens (including phenoxy) is 2. The Morgan fingerprint density at radius 2 is 1.39 bits per heavy atom. The number of carbonyl (C=O) groups is 3. The molecule has 0 bridgehead atoms. The van der Waals surface area contributed by atoms with E-state index in [1.807, 2.05) is 0 Å². The Morgan fingerprint density at radius 3 is 1.87 bits per heavy atom. The number of unbranched alkanes of at least 4 members (excludes halogenated alkanes) is 12. The molecule has 0 amide bonds. The van der Waals surface area contributed by atoms with Gasteiger partial charge in [-0.2, -0.15) is 11.8 Å². The molecule has 0 aliphatic carbocycles. The second kappa shape index (κ2) is 22.1. The van der Waals surface area contributed by atoms with Gasteiger partial charge in [0.25, 0.3) is 6.47 Å². The van der Waals surface area contributed by atoms with Gasteiger partial charge in [0, 0.05) is 17.9 Å². The second-order valence-electron chi connectivity index (χ2n) is 8.29. The van der Waals surface area contributed by atoms with Crippen molar-refractivity contribution in [2.45, 2.75) is 116 Å². The fourth-order valence-electron chi connectivity index (χ4n) is 3.24. The minimum atomic E-state index is -0.529. The van der Waals surface area contributed by atoms with E-state index in [9.17, 15) is 14.4 Å². The fraction of sp³-hybridized carbons (Fsp3) is 0.875. The molecule has 0 aliphatic rings. The van der Waals surface area contributed by atoms with Gasteiger partial charge in [0.15, 0.2) is 0 Å². The highest BCUT2D eigenvalue weighted by molar-refractivity contribution is 7.99. The summed E-state index contributed by atoms with van der Waals surface area (Å²) in [4.78, 5) is 33.7. The summed E-state index contributed by atoms with van der Waals surface area (Å²) in [5, 5.41) is 0. The molecule has 6 nitrogen and oxygen atoms in total. The number of esters is 1. The van der Waals surface area contributed by atoms with Crippen LogP contribution in [0, 0.1) is 0 Å². The van der Waals surface area contributed by atoms with Gasteiger partial charge in [0.05, 0.1) is 6.04 Å². The molecule has 182 valence electrons. The molecule has 0 aromatic rings. The molecule has 0 aromatic heterocycles. The van der Waals surface area contributed by atoms with Crippen LogP contribution in [-0.4, -0.2) is 48.5 Å². The number of nitrogens with two attached hydrogens (primary N) is 1. The monoisotopic (exact) mass is 459 g/mol. The zero-order chi connectivity index (χ0) is 23.2. The fourth-order valence-corrected chi connectivity index (χ4v) is 4.29. The molecule has 0 saturated carbocycles. The molecule has 0 aromatic carbocycles. The molecule has 0 radical (unpaired) electrons. The van der Waals surface area contributed by atoms with Crippen molar-refractivity contribution in [2.24, 2.45) is 5.73 Å². The predicted octanol–water partition coefficient (Wildman–Crippen LogP) is 5.20. The molecule has 0 aliphatic heterocycles. The van der Waals surface area contributed by atoms with E-state index in [-0.39, 0.29) is 18.4 Å². The Balaban J connectivity index is 3.71. The number of thioether (sulfide) groups is 1. The quantitative estimate of drug-likeness (QED) is 0.127. The van der Waals surface area contributed by atoms with Crippen molar-refractivity contribution in [1.29, 1.82) is 0 Å². The molecule has 0 saturated heterocycles. The van der Waals surface area contributed by atoms with Crippen molar-refractivity contribution >= 4 is 30.0 Å². The number of ketones is 1. The van der Waals surface area contributed by atoms with E-state index in [0.717, 1.165) is 19.3 Å². The zero-order valence-electron chi connectivity index (χ0n) is 19.8. The highest BCUT2D eigenvalue weighted by Gasteiger charge is 2.17. The Hall–Kier alpha value is -1.08. The first-order valence-electron chi connectivity index (χ1n) is 12.1. The van der Waals surface area contributed by atoms with E-state index < -0.39 is 12.1 Å². The number of Topliss-reactive ketones (excluding diaryl/α,β-unsaturated/α-hetero) is 1. The third-order valence-electron chi connectivity index (χ3n) is 5.26. The third kappa shape index (κ3) is 20.6. The van der Waals surface area contributed by atoms with Crippen LogP contribution in [0.15, 0.2) is 0 Å². The lowest BCUT2D eigenvalue weighted by Gasteiger charge is -2.17. The molecule has 31 heavy (non-hydrogen) atoms. The first-order valence-corrected chi connectivity index (χ1v) is 13.2. The molecule has 0 fully saturated rings. The van der Waals surface area contributed by atoms with Crippen LogP contribution in [0.3, 0.4) is 0 Å². The minimum Gasteiger partial charge on any atom is -0.464 e. The average molecular weight is 460 g/mol. The van der Waals surface area contributed by atoms with Crippen LogP contribution >= 0.6 is 11.8 Å². The normalized spacial score (nSPS) is 12.9. The maximum atomic E-state index is 12.1. The molecular formula is C24H45NO5S. The van der Waals surface area contributed by atoms with E-state index in [4.69, 9.17) is 15.2 Å². The summed E-state index contributed by atoms with van der Waals surface area (Å²) in [6.07, 6.45) is 16.2. The Labute approximate surface area is 193 Å². The lowest BCUT2D eigenvalue weighted by atomic mass is 10.0. The van der Waals surface area contributed by atoms with Gasteiger partial charge in [-0.15, -0.1) is 0 Å². The van der Waals surface area contributed by atoms with Gasteiger partial charge >= 0.3 is 5.97 Å². The van der Waals surface area contributed by atoms with Gasteiger partial charge in [-0.3, -0.25) is 14.4 Å². The van der Waals surface area contributed by atoms with Crippen LogP contribution in [0.5, 0.6) is 0 Å². The van der Waals surface area contributed by atoms with Gasteiger partial charge in [-0.05, 0) is 13.3 Å². The molecule has 2 atom stereocenters. The van der Waals surface area contributed by atoms with Crippen LogP contribution in [0.1, 0.15) is 104 Å². The molecule has 0 rings (SSSR count). The van der Waals surface area contributed by atoms with Gasteiger partial charge < -0.3 is 15.2 Å². The van der Waals surface area contributed by atoms with Crippen molar-refractivity contribution < 1.29 is 23.9 Å². The maximum absolute atomic E-state index is 12.1. The number of hydrogen-bond acceptors (Lipinski definition) is 7. The molecule has 7 heteroatoms. The standard InChI is InChI=1S/C24H45NO5S/c1-3-4-5-6-7-8-9-10-11-12-13-14-15-16-24(28)30-22(17-29-20-26)18-31-19-23(25)21(2)27/h20,22-23H,3-19,25H2,1-2H3. The predicted molar refractivity (Wildman–Crippen MR) is 128 cm³/mol. The van der Waals surface area contributed by atoms with E-state index in [1.54, 1.807) is 0 Å². The largest absolute Gasteiger partial charge is 0.464 e. The molecule has 2 N–H and O–H groups in total. The lowest BCUT2D eigenvalue weighted by Crippen LogP contribution is -2.32. The first kappa shape index (κ1) is 29.9. The summed E-state index contributed by atoms with van der Waals surface area (Å²) in [6.45, 7) is 4.07. The van der Waals surface area contributed by atoms with E-state index >= 15 is 0 Å². The highest BCUT2D eigenvalue weighted by atomic mass is 32.2. The van der Waals surface area contributed by atoms with Crippen molar-refractivity contribution in [3.8, 4) is 0 Å². The second-order valence-corrected chi connectivity index (χ2v) is 9.36. The molecular weight excluding hydrogens is 414 g/mol. The van der Waals surface area contributed by atoms with Crippen molar-refractivity contribution in [2.75, 3.05) is 18.1 Å². The number of hydrogen-bond donors (Lipinski definition) is 1. The Morgan fingerprint density at radius 1 is 0.871 bits per heavy atom. The lowest BCUT2D eigenvalue weighted by molar-refractivity contribution is -0.153. The van der Waals surface area contributed by atoms with E-state index in [0.29, 0.717) is 24.4 Å². The van der Waals surface area contributed by atoms with Crippen LogP contribution in [0.4, 0.5) is 0 Å². The molecule has 0 heterocycles. The van der Waals surface area contributed by atoms with Gasteiger partial charge in [-0.1, -0.05) is 84.0 Å². The highest BCUT2D eigenvalue weighted by Crippen LogP contribution is 2.14. The smallest absolute Gasteiger partial charge is 0.306 e. The third-order valence-corrected chi connectivity index (χ3v) is 6.46. The molecule has 2 unspecified atom stereocenters. The summed E-state index contributed by atoms with van der Waals surface area (Å²) in [7, 11) is 0. The Bertz CT molecular complexity index is 461. The van der Waals surface area contributed by atoms with E-state index in [2.05, 4.69) is 6.92 Å². The number of rotatable bonds is 23. The van der Waals surface area contributed by atoms with Crippen LogP contribution in [-0.2, 0) is 23.9 Å². The topological polar surface area (TPSA) is 95.7 Å². The van der Waals surface area contributed by atoms with Gasteiger partial charge in [0.1, 0.15) is 18.5 Å². The maximum Gasteiger partial charge on any atom is 0.306 e. The summed E-state index contributed by atoms with van der Waals surface area (Å²) < 4.78 is 10.2. The van der Waals surface area contributed by atoms with Crippen molar-refractivity contribution in [3.05, 3.63) is 0 Å². The van der Waals surface area contributed by atoms with Gasteiger partial charge in [0.2, 0.25) is 0 Å². The SMILES string of the molecule is CCCCCCCCCCCCCCCC(=O)OC(COC=O)CSCC(N)C(C)=O. The Kier molecular flexibility index (Phi) is 21.4. The minimum absolute atomic E-state index is 0.0240. The summed E-state index contributed by atoms with van der Waals surface area (Å²) >= 11 is 1.42. The number of carbonyl (C=O) groups excluding carboxylic acids is 3. The van der Waals surface area contributed by atoms with Crippen LogP contribution in [0.2, 0.25) is 0 Å². The van der Waals surface area contributed by atoms with E-state index in [1.165, 1.54) is 82.9 Å². The van der Waals surface area contributed by atoms with Crippen LogP contribution < -0.4 is 5.73 Å². The van der Waals surface area contributed by atoms with Gasteiger partial charge in [-0.25, -0.2) is 0 Å².